The van der Waals surface area contributed by atoms with Crippen LogP contribution in [0, 0.1) is 28.6 Å². The standard InChI is InChI=1S/C33H40O4/c1-22-27-16-19-32(2)18-15-26(34)21-29(32)33(27,3)20-17-28(22)37-30(35)14-11-23-9-12-25(13-10-23)31(36)24-7-5-4-6-8-24/h4-10,12-13,22,27-29H,11,14-21H2,1-3H3/t22-,27-,28+,29-,32+,33-/m0/s1. The van der Waals surface area contributed by atoms with E-state index in [4.69, 9.17) is 4.74 Å². The van der Waals surface area contributed by atoms with Crippen LogP contribution in [0.25, 0.3) is 0 Å². The van der Waals surface area contributed by atoms with Gasteiger partial charge in [0.05, 0.1) is 0 Å². The Morgan fingerprint density at radius 2 is 1.62 bits per heavy atom. The summed E-state index contributed by atoms with van der Waals surface area (Å²) in [5, 5.41) is 0. The number of fused-ring (bicyclic) bond motifs is 3. The summed E-state index contributed by atoms with van der Waals surface area (Å²) in [6.45, 7) is 7.08. The Labute approximate surface area is 221 Å². The van der Waals surface area contributed by atoms with Crippen LogP contribution in [0.3, 0.4) is 0 Å². The quantitative estimate of drug-likeness (QED) is 0.317. The van der Waals surface area contributed by atoms with Gasteiger partial charge in [0, 0.05) is 30.4 Å². The number of rotatable bonds is 6. The van der Waals surface area contributed by atoms with Crippen molar-refractivity contribution >= 4 is 17.5 Å². The molecule has 3 fully saturated rings. The normalized spacial score (nSPS) is 33.2. The zero-order chi connectivity index (χ0) is 26.2. The average molecular weight is 501 g/mol. The van der Waals surface area contributed by atoms with Crippen molar-refractivity contribution in [1.29, 1.82) is 0 Å². The van der Waals surface area contributed by atoms with E-state index in [1.165, 1.54) is 12.8 Å². The molecule has 0 saturated heterocycles. The van der Waals surface area contributed by atoms with E-state index < -0.39 is 0 Å². The Bertz CT molecular complexity index is 1150. The van der Waals surface area contributed by atoms with Gasteiger partial charge in [-0.05, 0) is 72.7 Å². The highest BCUT2D eigenvalue weighted by Crippen LogP contribution is 2.64. The molecule has 4 nitrogen and oxygen atoms in total. The van der Waals surface area contributed by atoms with E-state index >= 15 is 0 Å². The van der Waals surface area contributed by atoms with Crippen molar-refractivity contribution in [2.24, 2.45) is 28.6 Å². The van der Waals surface area contributed by atoms with Crippen LogP contribution in [-0.4, -0.2) is 23.6 Å². The fraction of sp³-hybridized carbons (Fsp3) is 0.545. The minimum Gasteiger partial charge on any atom is -0.462 e. The van der Waals surface area contributed by atoms with Crippen molar-refractivity contribution in [1.82, 2.24) is 0 Å². The van der Waals surface area contributed by atoms with Gasteiger partial charge in [-0.2, -0.15) is 0 Å². The second kappa shape index (κ2) is 10.2. The number of aryl methyl sites for hydroxylation is 1. The number of benzene rings is 2. The number of Topliss-reactive ketones (excluding diaryl/α,β-unsaturated/α-hetero) is 1. The van der Waals surface area contributed by atoms with Crippen LogP contribution in [0.5, 0.6) is 0 Å². The van der Waals surface area contributed by atoms with Crippen molar-refractivity contribution in [3.63, 3.8) is 0 Å². The smallest absolute Gasteiger partial charge is 0.306 e. The van der Waals surface area contributed by atoms with Crippen molar-refractivity contribution < 1.29 is 19.1 Å². The van der Waals surface area contributed by atoms with Crippen molar-refractivity contribution in [2.45, 2.75) is 84.7 Å². The summed E-state index contributed by atoms with van der Waals surface area (Å²) >= 11 is 0. The van der Waals surface area contributed by atoms with E-state index in [-0.39, 0.29) is 28.7 Å². The predicted octanol–water partition coefficient (Wildman–Crippen LogP) is 6.98. The van der Waals surface area contributed by atoms with Crippen molar-refractivity contribution in [2.75, 3.05) is 0 Å². The molecule has 0 unspecified atom stereocenters. The first-order valence-electron chi connectivity index (χ1n) is 14.1. The van der Waals surface area contributed by atoms with Gasteiger partial charge in [0.2, 0.25) is 0 Å². The molecule has 37 heavy (non-hydrogen) atoms. The summed E-state index contributed by atoms with van der Waals surface area (Å²) in [6.07, 6.45) is 7.68. The minimum atomic E-state index is -0.140. The van der Waals surface area contributed by atoms with Crippen molar-refractivity contribution in [3.8, 4) is 0 Å². The topological polar surface area (TPSA) is 60.4 Å². The first-order valence-corrected chi connectivity index (χ1v) is 14.1. The van der Waals surface area contributed by atoms with E-state index in [9.17, 15) is 14.4 Å². The molecular weight excluding hydrogens is 460 g/mol. The molecule has 0 bridgehead atoms. The number of carbonyl (C=O) groups is 3. The minimum absolute atomic E-state index is 0.00506. The maximum Gasteiger partial charge on any atom is 0.306 e. The van der Waals surface area contributed by atoms with Crippen LogP contribution < -0.4 is 0 Å². The zero-order valence-corrected chi connectivity index (χ0v) is 22.5. The van der Waals surface area contributed by atoms with Crippen LogP contribution >= 0.6 is 0 Å². The molecule has 3 saturated carbocycles. The van der Waals surface area contributed by atoms with Crippen LogP contribution in [0.15, 0.2) is 54.6 Å². The van der Waals surface area contributed by atoms with E-state index in [0.717, 1.165) is 37.7 Å². The third-order valence-electron chi connectivity index (χ3n) is 10.3. The van der Waals surface area contributed by atoms with Crippen LogP contribution in [-0.2, 0) is 20.7 Å². The van der Waals surface area contributed by atoms with E-state index in [2.05, 4.69) is 20.8 Å². The average Bonchev–Trinajstić information content (AvgIpc) is 2.90. The summed E-state index contributed by atoms with van der Waals surface area (Å²) in [6, 6.07) is 16.8. The Morgan fingerprint density at radius 1 is 0.919 bits per heavy atom. The SMILES string of the molecule is C[C@@H]1[C@H](OC(=O)CCc2ccc(C(=O)c3ccccc3)cc2)CC[C@@]2(C)[C@H]1CC[C@@]1(C)CCC(=O)C[C@@H]12. The van der Waals surface area contributed by atoms with Crippen LogP contribution in [0.4, 0.5) is 0 Å². The highest BCUT2D eigenvalue weighted by Gasteiger charge is 2.58. The number of carbonyl (C=O) groups excluding carboxylic acids is 3. The summed E-state index contributed by atoms with van der Waals surface area (Å²) in [7, 11) is 0. The second-order valence-electron chi connectivity index (χ2n) is 12.4. The maximum atomic E-state index is 12.8. The highest BCUT2D eigenvalue weighted by atomic mass is 16.5. The van der Waals surface area contributed by atoms with E-state index in [1.54, 1.807) is 0 Å². The van der Waals surface area contributed by atoms with Gasteiger partial charge in [0.1, 0.15) is 11.9 Å². The molecule has 0 aromatic heterocycles. The number of ether oxygens (including phenoxy) is 1. The maximum absolute atomic E-state index is 12.8. The Hall–Kier alpha value is -2.75. The fourth-order valence-corrected chi connectivity index (χ4v) is 7.99. The number of ketones is 2. The summed E-state index contributed by atoms with van der Waals surface area (Å²) in [5.41, 5.74) is 2.79. The third-order valence-corrected chi connectivity index (χ3v) is 10.3. The zero-order valence-electron chi connectivity index (χ0n) is 22.5. The third kappa shape index (κ3) is 5.04. The molecule has 0 amide bonds. The van der Waals surface area contributed by atoms with Gasteiger partial charge in [-0.25, -0.2) is 0 Å². The predicted molar refractivity (Wildman–Crippen MR) is 144 cm³/mol. The first kappa shape index (κ1) is 25.9. The first-order chi connectivity index (χ1) is 17.7. The molecule has 0 spiro atoms. The molecule has 0 heterocycles. The molecule has 0 N–H and O–H groups in total. The summed E-state index contributed by atoms with van der Waals surface area (Å²) in [5.74, 6) is 1.56. The highest BCUT2D eigenvalue weighted by molar-refractivity contribution is 6.08. The second-order valence-corrected chi connectivity index (χ2v) is 12.4. The molecule has 196 valence electrons. The molecule has 5 rings (SSSR count). The Morgan fingerprint density at radius 3 is 2.35 bits per heavy atom. The lowest BCUT2D eigenvalue weighted by atomic mass is 9.43. The molecule has 0 radical (unpaired) electrons. The summed E-state index contributed by atoms with van der Waals surface area (Å²) in [4.78, 5) is 37.8. The number of hydrogen-bond acceptors (Lipinski definition) is 4. The fourth-order valence-electron chi connectivity index (χ4n) is 7.99. The number of esters is 1. The summed E-state index contributed by atoms with van der Waals surface area (Å²) < 4.78 is 6.06. The molecule has 6 atom stereocenters. The molecule has 4 heteroatoms. The largest absolute Gasteiger partial charge is 0.462 e. The molecule has 3 aliphatic carbocycles. The van der Waals surface area contributed by atoms with Gasteiger partial charge in [0.15, 0.2) is 5.78 Å². The Kier molecular flexibility index (Phi) is 7.13. The lowest BCUT2D eigenvalue weighted by molar-refractivity contribution is -0.176. The lowest BCUT2D eigenvalue weighted by Gasteiger charge is -2.62. The molecule has 3 aliphatic rings. The van der Waals surface area contributed by atoms with Gasteiger partial charge in [-0.1, -0.05) is 75.4 Å². The van der Waals surface area contributed by atoms with Crippen LogP contribution in [0.2, 0.25) is 0 Å². The monoisotopic (exact) mass is 500 g/mol. The van der Waals surface area contributed by atoms with Crippen molar-refractivity contribution in [3.05, 3.63) is 71.3 Å². The van der Waals surface area contributed by atoms with Crippen LogP contribution in [0.1, 0.15) is 93.6 Å². The van der Waals surface area contributed by atoms with E-state index in [1.807, 2.05) is 54.6 Å². The molecule has 2 aromatic carbocycles. The van der Waals surface area contributed by atoms with Gasteiger partial charge in [-0.3, -0.25) is 14.4 Å². The van der Waals surface area contributed by atoms with Gasteiger partial charge in [-0.15, -0.1) is 0 Å². The molecule has 2 aromatic rings. The van der Waals surface area contributed by atoms with Gasteiger partial charge >= 0.3 is 5.97 Å². The van der Waals surface area contributed by atoms with Gasteiger partial charge in [0.25, 0.3) is 0 Å². The lowest BCUT2D eigenvalue weighted by Crippen LogP contribution is -2.57. The molecular formula is C33H40O4. The molecule has 0 aliphatic heterocycles. The van der Waals surface area contributed by atoms with Gasteiger partial charge < -0.3 is 4.74 Å². The van der Waals surface area contributed by atoms with E-state index in [0.29, 0.717) is 47.5 Å². The Balaban J connectivity index is 1.16. The number of hydrogen-bond donors (Lipinski definition) is 0.